The van der Waals surface area contributed by atoms with Crippen LogP contribution >= 0.6 is 0 Å². The molecule has 1 aliphatic heterocycles. The number of methoxy groups -OCH3 is 2. The lowest BCUT2D eigenvalue weighted by Crippen LogP contribution is -2.41. The van der Waals surface area contributed by atoms with E-state index in [0.717, 1.165) is 25.4 Å². The molecule has 0 radical (unpaired) electrons. The minimum absolute atomic E-state index is 0.0935. The highest BCUT2D eigenvalue weighted by molar-refractivity contribution is 5.41. The number of benzene rings is 1. The van der Waals surface area contributed by atoms with Gasteiger partial charge in [-0.25, -0.2) is 0 Å². The maximum Gasteiger partial charge on any atom is 0.126 e. The minimum Gasteiger partial charge on any atom is -0.496 e. The quantitative estimate of drug-likeness (QED) is 0.850. The number of ether oxygens (including phenoxy) is 4. The van der Waals surface area contributed by atoms with Gasteiger partial charge in [0.2, 0.25) is 0 Å². The Labute approximate surface area is 107 Å². The van der Waals surface area contributed by atoms with Crippen LogP contribution in [0.15, 0.2) is 18.2 Å². The predicted octanol–water partition coefficient (Wildman–Crippen LogP) is 1.07. The Morgan fingerprint density at radius 1 is 1.17 bits per heavy atom. The summed E-state index contributed by atoms with van der Waals surface area (Å²) in [7, 11) is 3.24. The van der Waals surface area contributed by atoms with Gasteiger partial charge >= 0.3 is 0 Å². The van der Waals surface area contributed by atoms with Gasteiger partial charge < -0.3 is 24.3 Å². The lowest BCUT2D eigenvalue weighted by Gasteiger charge is -2.23. The molecule has 1 aliphatic rings. The van der Waals surface area contributed by atoms with Crippen LogP contribution in [0.2, 0.25) is 0 Å². The van der Waals surface area contributed by atoms with Gasteiger partial charge in [0.05, 0.1) is 20.8 Å². The van der Waals surface area contributed by atoms with E-state index in [1.54, 1.807) is 14.2 Å². The average Bonchev–Trinajstić information content (AvgIpc) is 2.45. The molecule has 2 rings (SSSR count). The van der Waals surface area contributed by atoms with Crippen LogP contribution in [0.3, 0.4) is 0 Å². The normalized spacial score (nSPS) is 19.3. The first-order valence-electron chi connectivity index (χ1n) is 6.00. The van der Waals surface area contributed by atoms with Crippen molar-refractivity contribution in [3.05, 3.63) is 18.2 Å². The first kappa shape index (κ1) is 13.0. The molecule has 5 nitrogen and oxygen atoms in total. The largest absolute Gasteiger partial charge is 0.496 e. The van der Waals surface area contributed by atoms with Gasteiger partial charge in [-0.3, -0.25) is 0 Å². The fraction of sp³-hybridized carbons (Fsp3) is 0.538. The van der Waals surface area contributed by atoms with Crippen LogP contribution in [0.1, 0.15) is 0 Å². The SMILES string of the molecule is COc1cc(OC)cc(OCC2CNCCO2)c1. The molecule has 1 heterocycles. The topological polar surface area (TPSA) is 49.0 Å². The molecule has 1 saturated heterocycles. The summed E-state index contributed by atoms with van der Waals surface area (Å²) in [6.07, 6.45) is 0.0935. The predicted molar refractivity (Wildman–Crippen MR) is 67.7 cm³/mol. The molecule has 0 amide bonds. The fourth-order valence-electron chi connectivity index (χ4n) is 1.78. The number of nitrogens with one attached hydrogen (secondary N) is 1. The summed E-state index contributed by atoms with van der Waals surface area (Å²) in [5, 5.41) is 3.26. The van der Waals surface area contributed by atoms with Crippen LogP contribution in [0.25, 0.3) is 0 Å². The second-order valence-corrected chi connectivity index (χ2v) is 4.06. The first-order valence-corrected chi connectivity index (χ1v) is 6.00. The molecule has 100 valence electrons. The zero-order valence-corrected chi connectivity index (χ0v) is 10.8. The maximum absolute atomic E-state index is 5.71. The summed E-state index contributed by atoms with van der Waals surface area (Å²) in [5.74, 6) is 2.15. The van der Waals surface area contributed by atoms with E-state index in [0.29, 0.717) is 18.1 Å². The van der Waals surface area contributed by atoms with Crippen LogP contribution in [-0.2, 0) is 4.74 Å². The van der Waals surface area contributed by atoms with E-state index >= 15 is 0 Å². The molecule has 5 heteroatoms. The third-order valence-corrected chi connectivity index (χ3v) is 2.77. The molecule has 1 atom stereocenters. The molecular formula is C13H19NO4. The Hall–Kier alpha value is -1.46. The third kappa shape index (κ3) is 3.51. The van der Waals surface area contributed by atoms with Gasteiger partial charge in [0.15, 0.2) is 0 Å². The fourth-order valence-corrected chi connectivity index (χ4v) is 1.78. The summed E-state index contributed by atoms with van der Waals surface area (Å²) < 4.78 is 21.6. The van der Waals surface area contributed by atoms with Crippen LogP contribution in [-0.4, -0.2) is 46.6 Å². The number of hydrogen-bond acceptors (Lipinski definition) is 5. The van der Waals surface area contributed by atoms with Crippen molar-refractivity contribution in [1.29, 1.82) is 0 Å². The van der Waals surface area contributed by atoms with E-state index in [4.69, 9.17) is 18.9 Å². The molecule has 0 bridgehead atoms. The van der Waals surface area contributed by atoms with Crippen molar-refractivity contribution >= 4 is 0 Å². The molecule has 1 N–H and O–H groups in total. The molecular weight excluding hydrogens is 234 g/mol. The molecule has 1 fully saturated rings. The van der Waals surface area contributed by atoms with Crippen LogP contribution in [0, 0.1) is 0 Å². The van der Waals surface area contributed by atoms with E-state index in [1.807, 2.05) is 18.2 Å². The Morgan fingerprint density at radius 2 is 1.83 bits per heavy atom. The summed E-state index contributed by atoms with van der Waals surface area (Å²) in [5.41, 5.74) is 0. The Morgan fingerprint density at radius 3 is 2.39 bits per heavy atom. The molecule has 0 saturated carbocycles. The van der Waals surface area contributed by atoms with Gasteiger partial charge in [0.1, 0.15) is 30.0 Å². The Balaban J connectivity index is 1.94. The second-order valence-electron chi connectivity index (χ2n) is 4.06. The van der Waals surface area contributed by atoms with Crippen molar-refractivity contribution in [3.63, 3.8) is 0 Å². The van der Waals surface area contributed by atoms with Crippen LogP contribution in [0.4, 0.5) is 0 Å². The van der Waals surface area contributed by atoms with Crippen molar-refractivity contribution in [1.82, 2.24) is 5.32 Å². The lowest BCUT2D eigenvalue weighted by molar-refractivity contribution is 0.000120. The molecule has 0 spiro atoms. The van der Waals surface area contributed by atoms with Crippen molar-refractivity contribution < 1.29 is 18.9 Å². The molecule has 0 aromatic heterocycles. The zero-order valence-electron chi connectivity index (χ0n) is 10.8. The monoisotopic (exact) mass is 253 g/mol. The summed E-state index contributed by atoms with van der Waals surface area (Å²) in [6.45, 7) is 2.98. The van der Waals surface area contributed by atoms with Gasteiger partial charge in [0, 0.05) is 31.3 Å². The molecule has 0 aliphatic carbocycles. The van der Waals surface area contributed by atoms with E-state index in [-0.39, 0.29) is 6.10 Å². The van der Waals surface area contributed by atoms with Crippen molar-refractivity contribution in [3.8, 4) is 17.2 Å². The smallest absolute Gasteiger partial charge is 0.126 e. The van der Waals surface area contributed by atoms with Crippen LogP contribution < -0.4 is 19.5 Å². The number of hydrogen-bond donors (Lipinski definition) is 1. The maximum atomic E-state index is 5.71. The van der Waals surface area contributed by atoms with Crippen molar-refractivity contribution in [2.24, 2.45) is 0 Å². The second kappa shape index (κ2) is 6.47. The lowest BCUT2D eigenvalue weighted by atomic mass is 10.3. The first-order chi connectivity index (χ1) is 8.81. The van der Waals surface area contributed by atoms with E-state index < -0.39 is 0 Å². The van der Waals surface area contributed by atoms with E-state index in [2.05, 4.69) is 5.32 Å². The molecule has 1 aromatic rings. The summed E-state index contributed by atoms with van der Waals surface area (Å²) in [6, 6.07) is 5.48. The van der Waals surface area contributed by atoms with Gasteiger partial charge in [-0.2, -0.15) is 0 Å². The van der Waals surface area contributed by atoms with Crippen molar-refractivity contribution in [2.75, 3.05) is 40.5 Å². The van der Waals surface area contributed by atoms with Crippen molar-refractivity contribution in [2.45, 2.75) is 6.10 Å². The summed E-state index contributed by atoms with van der Waals surface area (Å²) >= 11 is 0. The highest BCUT2D eigenvalue weighted by atomic mass is 16.5. The third-order valence-electron chi connectivity index (χ3n) is 2.77. The van der Waals surface area contributed by atoms with Gasteiger partial charge in [0.25, 0.3) is 0 Å². The Bertz CT molecular complexity index is 355. The van der Waals surface area contributed by atoms with E-state index in [9.17, 15) is 0 Å². The molecule has 18 heavy (non-hydrogen) atoms. The number of morpholine rings is 1. The van der Waals surface area contributed by atoms with Crippen LogP contribution in [0.5, 0.6) is 17.2 Å². The summed E-state index contributed by atoms with van der Waals surface area (Å²) in [4.78, 5) is 0. The zero-order chi connectivity index (χ0) is 12.8. The highest BCUT2D eigenvalue weighted by Gasteiger charge is 2.14. The van der Waals surface area contributed by atoms with Gasteiger partial charge in [-0.05, 0) is 0 Å². The highest BCUT2D eigenvalue weighted by Crippen LogP contribution is 2.27. The Kier molecular flexibility index (Phi) is 4.66. The average molecular weight is 253 g/mol. The standard InChI is InChI=1S/C13H19NO4/c1-15-10-5-11(16-2)7-12(6-10)18-9-13-8-14-3-4-17-13/h5-7,13-14H,3-4,8-9H2,1-2H3. The minimum atomic E-state index is 0.0935. The molecule has 1 unspecified atom stereocenters. The van der Waals surface area contributed by atoms with E-state index in [1.165, 1.54) is 0 Å². The molecule has 1 aromatic carbocycles. The number of rotatable bonds is 5. The van der Waals surface area contributed by atoms with Gasteiger partial charge in [-0.15, -0.1) is 0 Å². The van der Waals surface area contributed by atoms with Gasteiger partial charge in [-0.1, -0.05) is 0 Å².